The molecule has 0 saturated heterocycles. The molecule has 1 aromatic heterocycles. The maximum Gasteiger partial charge on any atom is 0.229 e. The van der Waals surface area contributed by atoms with Crippen LogP contribution >= 0.6 is 11.8 Å². The predicted octanol–water partition coefficient (Wildman–Crippen LogP) is 3.29. The van der Waals surface area contributed by atoms with Crippen molar-refractivity contribution in [2.24, 2.45) is 0 Å². The van der Waals surface area contributed by atoms with E-state index in [9.17, 15) is 5.11 Å². The molecule has 19 heavy (non-hydrogen) atoms. The average Bonchev–Trinajstić information content (AvgIpc) is 3.16. The van der Waals surface area contributed by atoms with Crippen LogP contribution in [-0.4, -0.2) is 15.2 Å². The summed E-state index contributed by atoms with van der Waals surface area (Å²) in [5.74, 6) is 2.73. The standard InChI is InChI=1S/C14H16N2O2S/c1-9(17)11-3-2-4-12(7-11)19-8-13-15-14(18-16-13)10-5-6-10/h2-4,7,9-10,17H,5-6,8H2,1H3. The fourth-order valence-corrected chi connectivity index (χ4v) is 2.64. The quantitative estimate of drug-likeness (QED) is 0.849. The van der Waals surface area contributed by atoms with Crippen LogP contribution in [0.4, 0.5) is 0 Å². The van der Waals surface area contributed by atoms with E-state index in [2.05, 4.69) is 10.1 Å². The van der Waals surface area contributed by atoms with Crippen molar-refractivity contribution in [1.29, 1.82) is 0 Å². The largest absolute Gasteiger partial charge is 0.389 e. The summed E-state index contributed by atoms with van der Waals surface area (Å²) < 4.78 is 5.22. The van der Waals surface area contributed by atoms with Gasteiger partial charge in [-0.15, -0.1) is 11.8 Å². The maximum atomic E-state index is 9.56. The van der Waals surface area contributed by atoms with Crippen molar-refractivity contribution < 1.29 is 9.63 Å². The van der Waals surface area contributed by atoms with E-state index in [0.29, 0.717) is 11.7 Å². The van der Waals surface area contributed by atoms with Gasteiger partial charge in [0.15, 0.2) is 5.82 Å². The van der Waals surface area contributed by atoms with Gasteiger partial charge in [0.05, 0.1) is 11.9 Å². The Morgan fingerprint density at radius 3 is 3.05 bits per heavy atom. The number of hydrogen-bond donors (Lipinski definition) is 1. The zero-order chi connectivity index (χ0) is 13.2. The fourth-order valence-electron chi connectivity index (χ4n) is 1.83. The van der Waals surface area contributed by atoms with Crippen LogP contribution in [0.5, 0.6) is 0 Å². The zero-order valence-corrected chi connectivity index (χ0v) is 11.6. The van der Waals surface area contributed by atoms with Crippen LogP contribution in [0, 0.1) is 0 Å². The van der Waals surface area contributed by atoms with Crippen molar-refractivity contribution in [3.05, 3.63) is 41.5 Å². The predicted molar refractivity (Wildman–Crippen MR) is 72.9 cm³/mol. The molecule has 1 unspecified atom stereocenters. The molecule has 1 heterocycles. The van der Waals surface area contributed by atoms with Crippen molar-refractivity contribution >= 4 is 11.8 Å². The number of rotatable bonds is 5. The lowest BCUT2D eigenvalue weighted by Crippen LogP contribution is -1.91. The maximum absolute atomic E-state index is 9.56. The number of thioether (sulfide) groups is 1. The van der Waals surface area contributed by atoms with Gasteiger partial charge in [0.25, 0.3) is 0 Å². The highest BCUT2D eigenvalue weighted by molar-refractivity contribution is 7.98. The summed E-state index contributed by atoms with van der Waals surface area (Å²) >= 11 is 1.65. The number of aliphatic hydroxyl groups is 1. The molecule has 0 radical (unpaired) electrons. The number of hydrogen-bond acceptors (Lipinski definition) is 5. The molecule has 0 amide bonds. The molecule has 1 atom stereocenters. The Morgan fingerprint density at radius 2 is 2.32 bits per heavy atom. The molecule has 0 spiro atoms. The average molecular weight is 276 g/mol. The second-order valence-corrected chi connectivity index (χ2v) is 5.91. The molecule has 2 aromatic rings. The van der Waals surface area contributed by atoms with E-state index < -0.39 is 6.10 Å². The minimum atomic E-state index is -0.438. The third-order valence-corrected chi connectivity index (χ3v) is 4.11. The lowest BCUT2D eigenvalue weighted by atomic mass is 10.1. The van der Waals surface area contributed by atoms with E-state index in [1.807, 2.05) is 24.3 Å². The van der Waals surface area contributed by atoms with Gasteiger partial charge in [-0.25, -0.2) is 0 Å². The Balaban J connectivity index is 1.62. The third-order valence-electron chi connectivity index (χ3n) is 3.12. The minimum Gasteiger partial charge on any atom is -0.389 e. The van der Waals surface area contributed by atoms with Crippen LogP contribution in [0.2, 0.25) is 0 Å². The molecule has 100 valence electrons. The van der Waals surface area contributed by atoms with Gasteiger partial charge < -0.3 is 9.63 Å². The highest BCUT2D eigenvalue weighted by atomic mass is 32.2. The van der Waals surface area contributed by atoms with E-state index in [1.54, 1.807) is 18.7 Å². The SMILES string of the molecule is CC(O)c1cccc(SCc2noc(C3CC3)n2)c1. The first kappa shape index (κ1) is 12.7. The zero-order valence-electron chi connectivity index (χ0n) is 10.7. The highest BCUT2D eigenvalue weighted by Crippen LogP contribution is 2.39. The fraction of sp³-hybridized carbons (Fsp3) is 0.429. The van der Waals surface area contributed by atoms with Crippen molar-refractivity contribution in [2.45, 2.75) is 42.4 Å². The van der Waals surface area contributed by atoms with Gasteiger partial charge in [0.2, 0.25) is 5.89 Å². The summed E-state index contributed by atoms with van der Waals surface area (Å²) in [6.45, 7) is 1.77. The van der Waals surface area contributed by atoms with Gasteiger partial charge in [0.1, 0.15) is 0 Å². The van der Waals surface area contributed by atoms with E-state index in [-0.39, 0.29) is 0 Å². The van der Waals surface area contributed by atoms with Gasteiger partial charge >= 0.3 is 0 Å². The second-order valence-electron chi connectivity index (χ2n) is 4.86. The molecule has 1 aromatic carbocycles. The molecule has 0 aliphatic heterocycles. The van der Waals surface area contributed by atoms with E-state index >= 15 is 0 Å². The Hall–Kier alpha value is -1.33. The molecule has 0 bridgehead atoms. The lowest BCUT2D eigenvalue weighted by Gasteiger charge is -2.06. The minimum absolute atomic E-state index is 0.438. The number of nitrogens with zero attached hydrogens (tertiary/aromatic N) is 2. The molecule has 1 N–H and O–H groups in total. The number of aliphatic hydroxyl groups excluding tert-OH is 1. The summed E-state index contributed by atoms with van der Waals surface area (Å²) in [6, 6.07) is 7.90. The normalized spacial score (nSPS) is 16.5. The van der Waals surface area contributed by atoms with Gasteiger partial charge in [0, 0.05) is 10.8 Å². The smallest absolute Gasteiger partial charge is 0.229 e. The Bertz CT molecular complexity index is 564. The van der Waals surface area contributed by atoms with Crippen molar-refractivity contribution in [1.82, 2.24) is 10.1 Å². The van der Waals surface area contributed by atoms with Crippen molar-refractivity contribution in [2.75, 3.05) is 0 Å². The summed E-state index contributed by atoms with van der Waals surface area (Å²) in [7, 11) is 0. The Kier molecular flexibility index (Phi) is 3.57. The van der Waals surface area contributed by atoms with E-state index in [4.69, 9.17) is 4.52 Å². The topological polar surface area (TPSA) is 59.2 Å². The summed E-state index contributed by atoms with van der Waals surface area (Å²) in [6.07, 6.45) is 1.91. The summed E-state index contributed by atoms with van der Waals surface area (Å²) in [4.78, 5) is 5.50. The van der Waals surface area contributed by atoms with Gasteiger partial charge in [-0.2, -0.15) is 4.98 Å². The molecule has 1 fully saturated rings. The summed E-state index contributed by atoms with van der Waals surface area (Å²) in [5, 5.41) is 13.5. The molecule has 1 aliphatic rings. The molecule has 4 nitrogen and oxygen atoms in total. The molecule has 1 aliphatic carbocycles. The van der Waals surface area contributed by atoms with E-state index in [1.165, 1.54) is 12.8 Å². The molecule has 5 heteroatoms. The molecular weight excluding hydrogens is 260 g/mol. The second kappa shape index (κ2) is 5.35. The highest BCUT2D eigenvalue weighted by Gasteiger charge is 2.29. The van der Waals surface area contributed by atoms with Crippen LogP contribution in [-0.2, 0) is 5.75 Å². The first-order valence-electron chi connectivity index (χ1n) is 6.45. The molecular formula is C14H16N2O2S. The molecule has 1 saturated carbocycles. The van der Waals surface area contributed by atoms with Crippen molar-refractivity contribution in [3.63, 3.8) is 0 Å². The lowest BCUT2D eigenvalue weighted by molar-refractivity contribution is 0.199. The van der Waals surface area contributed by atoms with Crippen LogP contribution < -0.4 is 0 Å². The van der Waals surface area contributed by atoms with E-state index in [0.717, 1.165) is 22.2 Å². The summed E-state index contributed by atoms with van der Waals surface area (Å²) in [5.41, 5.74) is 0.928. The Labute approximate surface area is 116 Å². The van der Waals surface area contributed by atoms with Crippen LogP contribution in [0.15, 0.2) is 33.7 Å². The van der Waals surface area contributed by atoms with Crippen LogP contribution in [0.3, 0.4) is 0 Å². The molecule has 3 rings (SSSR count). The van der Waals surface area contributed by atoms with Gasteiger partial charge in [-0.3, -0.25) is 0 Å². The first-order chi connectivity index (χ1) is 9.22. The Morgan fingerprint density at radius 1 is 1.47 bits per heavy atom. The third kappa shape index (κ3) is 3.16. The first-order valence-corrected chi connectivity index (χ1v) is 7.44. The van der Waals surface area contributed by atoms with Gasteiger partial charge in [-0.05, 0) is 37.5 Å². The van der Waals surface area contributed by atoms with Gasteiger partial charge in [-0.1, -0.05) is 17.3 Å². The monoisotopic (exact) mass is 276 g/mol. The van der Waals surface area contributed by atoms with Crippen LogP contribution in [0.25, 0.3) is 0 Å². The van der Waals surface area contributed by atoms with Crippen LogP contribution in [0.1, 0.15) is 49.1 Å². The number of benzene rings is 1. The number of aromatic nitrogens is 2. The van der Waals surface area contributed by atoms with Crippen molar-refractivity contribution in [3.8, 4) is 0 Å².